The number of hydrogen-bond acceptors (Lipinski definition) is 3. The minimum absolute atomic E-state index is 0.0408. The maximum atomic E-state index is 12.8. The number of nitrogens with two attached hydrogens (primary N) is 1. The third-order valence-electron chi connectivity index (χ3n) is 4.76. The fourth-order valence-corrected chi connectivity index (χ4v) is 3.85. The Kier molecular flexibility index (Phi) is 6.86. The number of rotatable bonds is 8. The molecule has 0 aliphatic heterocycles. The van der Waals surface area contributed by atoms with Crippen molar-refractivity contribution in [2.45, 2.75) is 31.4 Å². The number of nitrogens with one attached hydrogen (secondary N) is 1. The molecule has 3 rings (SSSR count). The monoisotopic (exact) mass is 491 g/mol. The van der Waals surface area contributed by atoms with Crippen LogP contribution < -0.4 is 10.5 Å². The molecule has 0 aliphatic carbocycles. The minimum atomic E-state index is -5.51. The van der Waals surface area contributed by atoms with E-state index in [0.717, 1.165) is 5.56 Å². The fourth-order valence-electron chi connectivity index (χ4n) is 3.20. The highest BCUT2D eigenvalue weighted by atomic mass is 32.2. The second kappa shape index (κ2) is 9.12. The van der Waals surface area contributed by atoms with Gasteiger partial charge in [0.25, 0.3) is 0 Å². The lowest BCUT2D eigenvalue weighted by Gasteiger charge is -2.10. The molecule has 3 aromatic rings. The molecular weight excluding hydrogens is 473 g/mol. The van der Waals surface area contributed by atoms with Crippen molar-refractivity contribution in [2.75, 3.05) is 0 Å². The second-order valence-corrected chi connectivity index (χ2v) is 9.18. The summed E-state index contributed by atoms with van der Waals surface area (Å²) in [4.78, 5) is 0.188. The molecule has 0 saturated carbocycles. The smallest absolute Gasteiger partial charge is 0.389 e. The zero-order chi connectivity index (χ0) is 23.7. The molecule has 32 heavy (non-hydrogen) atoms. The normalized spacial score (nSPS) is 12.6. The van der Waals surface area contributed by atoms with Crippen LogP contribution in [0.15, 0.2) is 48.7 Å². The Hall–Kier alpha value is -2.57. The molecule has 0 amide bonds. The van der Waals surface area contributed by atoms with Gasteiger partial charge in [0.15, 0.2) is 0 Å². The highest BCUT2D eigenvalue weighted by molar-refractivity contribution is 7.90. The zero-order valence-electron chi connectivity index (χ0n) is 16.4. The van der Waals surface area contributed by atoms with Crippen molar-refractivity contribution >= 4 is 38.1 Å². The molecule has 0 unspecified atom stereocenters. The van der Waals surface area contributed by atoms with Crippen molar-refractivity contribution in [3.05, 3.63) is 59.8 Å². The predicted octanol–water partition coefficient (Wildman–Crippen LogP) is 4.54. The molecular formula is C20H18F5N3O2S2. The number of halogens is 5. The van der Waals surface area contributed by atoms with E-state index < -0.39 is 34.9 Å². The molecule has 12 heteroatoms. The van der Waals surface area contributed by atoms with E-state index >= 15 is 0 Å². The van der Waals surface area contributed by atoms with E-state index in [1.165, 1.54) is 16.9 Å². The Morgan fingerprint density at radius 2 is 1.88 bits per heavy atom. The van der Waals surface area contributed by atoms with E-state index in [1.807, 2.05) is 0 Å². The van der Waals surface area contributed by atoms with Crippen LogP contribution in [0.2, 0.25) is 0 Å². The number of alkyl halides is 5. The Balaban J connectivity index is 2.04. The molecule has 1 aromatic heterocycles. The van der Waals surface area contributed by atoms with Gasteiger partial charge in [-0.1, -0.05) is 42.5 Å². The van der Waals surface area contributed by atoms with Gasteiger partial charge in [0.1, 0.15) is 4.99 Å². The summed E-state index contributed by atoms with van der Waals surface area (Å²) in [6, 6.07) is 11.6. The largest absolute Gasteiger partial charge is 0.511 e. The van der Waals surface area contributed by atoms with Gasteiger partial charge < -0.3 is 10.3 Å². The average Bonchev–Trinajstić information content (AvgIpc) is 3.08. The van der Waals surface area contributed by atoms with E-state index in [0.29, 0.717) is 22.0 Å². The van der Waals surface area contributed by atoms with Crippen molar-refractivity contribution in [1.82, 2.24) is 9.29 Å². The standard InChI is InChI=1S/C20H18F5N3O2S2/c21-18(22)6-7-28-11-16(13-2-1-3-14(9-13)19(26)31)15-5-4-12(8-17(15)28)10-27-32(29,30)20(23,24)25/h1-5,8-9,11,18,27H,6-7,10H2,(H2,26,31). The summed E-state index contributed by atoms with van der Waals surface area (Å²) in [6.07, 6.45) is -1.31. The SMILES string of the molecule is NC(=S)c1cccc(-c2cn(CCC(F)F)c3cc(CNS(=O)(=O)C(F)(F)F)ccc23)c1. The number of sulfonamides is 1. The molecule has 172 valence electrons. The molecule has 5 nitrogen and oxygen atoms in total. The van der Waals surface area contributed by atoms with Crippen LogP contribution in [0.25, 0.3) is 22.0 Å². The van der Waals surface area contributed by atoms with Crippen molar-refractivity contribution in [3.8, 4) is 11.1 Å². The summed E-state index contributed by atoms with van der Waals surface area (Å²) in [5, 5.41) is 0.654. The molecule has 2 aromatic carbocycles. The lowest BCUT2D eigenvalue weighted by Crippen LogP contribution is -2.35. The van der Waals surface area contributed by atoms with Crippen molar-refractivity contribution in [2.24, 2.45) is 5.73 Å². The number of thiocarbonyl (C=S) groups is 1. The van der Waals surface area contributed by atoms with Crippen molar-refractivity contribution in [3.63, 3.8) is 0 Å². The van der Waals surface area contributed by atoms with Gasteiger partial charge in [0.05, 0.1) is 0 Å². The first kappa shape index (κ1) is 24.1. The highest BCUT2D eigenvalue weighted by Crippen LogP contribution is 2.32. The predicted molar refractivity (Wildman–Crippen MR) is 116 cm³/mol. The zero-order valence-corrected chi connectivity index (χ0v) is 18.0. The van der Waals surface area contributed by atoms with Gasteiger partial charge in [-0.05, 0) is 23.3 Å². The molecule has 0 spiro atoms. The fraction of sp³-hybridized carbons (Fsp3) is 0.250. The first-order valence-corrected chi connectivity index (χ1v) is 11.1. The van der Waals surface area contributed by atoms with Gasteiger partial charge in [-0.2, -0.15) is 13.2 Å². The quantitative estimate of drug-likeness (QED) is 0.359. The Bertz CT molecular complexity index is 1250. The van der Waals surface area contributed by atoms with Crippen LogP contribution in [0.4, 0.5) is 22.0 Å². The van der Waals surface area contributed by atoms with E-state index in [2.05, 4.69) is 0 Å². The summed E-state index contributed by atoms with van der Waals surface area (Å²) >= 11 is 5.00. The van der Waals surface area contributed by atoms with E-state index in [9.17, 15) is 30.4 Å². The first-order chi connectivity index (χ1) is 14.9. The number of aryl methyl sites for hydroxylation is 1. The average molecular weight is 492 g/mol. The van der Waals surface area contributed by atoms with Crippen LogP contribution >= 0.6 is 12.2 Å². The molecule has 0 aliphatic rings. The maximum Gasteiger partial charge on any atom is 0.511 e. The van der Waals surface area contributed by atoms with Crippen LogP contribution in [0.3, 0.4) is 0 Å². The number of fused-ring (bicyclic) bond motifs is 1. The molecule has 1 heterocycles. The van der Waals surface area contributed by atoms with Crippen molar-refractivity contribution < 1.29 is 30.4 Å². The van der Waals surface area contributed by atoms with Gasteiger partial charge in [-0.3, -0.25) is 0 Å². The van der Waals surface area contributed by atoms with E-state index in [-0.39, 0.29) is 17.1 Å². The van der Waals surface area contributed by atoms with Crippen molar-refractivity contribution in [1.29, 1.82) is 0 Å². The Labute approximate surface area is 186 Å². The summed E-state index contributed by atoms with van der Waals surface area (Å²) < 4.78 is 88.9. The third-order valence-corrected chi connectivity index (χ3v) is 6.13. The molecule has 0 bridgehead atoms. The van der Waals surface area contributed by atoms with Crippen LogP contribution in [0.1, 0.15) is 17.5 Å². The van der Waals surface area contributed by atoms with Crippen LogP contribution in [0, 0.1) is 0 Å². The molecule has 3 N–H and O–H groups in total. The Morgan fingerprint density at radius 1 is 1.16 bits per heavy atom. The number of hydrogen-bond donors (Lipinski definition) is 2. The van der Waals surface area contributed by atoms with Gasteiger partial charge >= 0.3 is 15.5 Å². The minimum Gasteiger partial charge on any atom is -0.389 e. The van der Waals surface area contributed by atoms with Crippen LogP contribution in [0.5, 0.6) is 0 Å². The first-order valence-electron chi connectivity index (χ1n) is 9.25. The molecule has 0 saturated heterocycles. The van der Waals surface area contributed by atoms with E-state index in [1.54, 1.807) is 41.1 Å². The van der Waals surface area contributed by atoms with Crippen LogP contribution in [-0.2, 0) is 23.1 Å². The summed E-state index contributed by atoms with van der Waals surface area (Å²) in [6.45, 7) is -0.648. The third kappa shape index (κ3) is 5.25. The molecule has 0 fully saturated rings. The lowest BCUT2D eigenvalue weighted by atomic mass is 10.0. The maximum absolute atomic E-state index is 12.8. The highest BCUT2D eigenvalue weighted by Gasteiger charge is 2.45. The topological polar surface area (TPSA) is 77.1 Å². The second-order valence-electron chi connectivity index (χ2n) is 6.98. The van der Waals surface area contributed by atoms with Gasteiger partial charge in [-0.15, -0.1) is 0 Å². The van der Waals surface area contributed by atoms with Gasteiger partial charge in [0.2, 0.25) is 6.43 Å². The molecule has 0 atom stereocenters. The number of aromatic nitrogens is 1. The van der Waals surface area contributed by atoms with E-state index in [4.69, 9.17) is 18.0 Å². The summed E-state index contributed by atoms with van der Waals surface area (Å²) in [5.74, 6) is 0. The Morgan fingerprint density at radius 3 is 2.50 bits per heavy atom. The summed E-state index contributed by atoms with van der Waals surface area (Å²) in [7, 11) is -5.51. The van der Waals surface area contributed by atoms with Gasteiger partial charge in [0, 0.05) is 47.7 Å². The van der Waals surface area contributed by atoms with Gasteiger partial charge in [-0.25, -0.2) is 21.9 Å². The van der Waals surface area contributed by atoms with Crippen LogP contribution in [-0.4, -0.2) is 29.9 Å². The summed E-state index contributed by atoms with van der Waals surface area (Å²) in [5.41, 5.74) is 3.00. The lowest BCUT2D eigenvalue weighted by molar-refractivity contribution is -0.0448. The number of nitrogens with zero attached hydrogens (tertiary/aromatic N) is 1. The molecule has 0 radical (unpaired) electrons. The number of benzene rings is 2.